The van der Waals surface area contributed by atoms with Crippen molar-refractivity contribution in [1.82, 2.24) is 0 Å². The van der Waals surface area contributed by atoms with Gasteiger partial charge in [0.25, 0.3) is 0 Å². The van der Waals surface area contributed by atoms with Crippen LogP contribution in [0.3, 0.4) is 0 Å². The Morgan fingerprint density at radius 2 is 1.75 bits per heavy atom. The van der Waals surface area contributed by atoms with Gasteiger partial charge in [-0.1, -0.05) is 45.4 Å². The lowest BCUT2D eigenvalue weighted by atomic mass is 9.91. The maximum Gasteiger partial charge on any atom is 0.337 e. The molecule has 0 atom stereocenters. The largest absolute Gasteiger partial charge is 0.482 e. The molecule has 1 heterocycles. The molecule has 0 N–H and O–H groups in total. The molecular weight excluding hydrogens is 304 g/mol. The monoisotopic (exact) mass is 332 g/mol. The van der Waals surface area contributed by atoms with Gasteiger partial charge in [-0.2, -0.15) is 0 Å². The Hall–Kier alpha value is -1.84. The summed E-state index contributed by atoms with van der Waals surface area (Å²) in [5, 5.41) is 0. The molecule has 1 spiro atoms. The van der Waals surface area contributed by atoms with Gasteiger partial charge >= 0.3 is 5.97 Å². The van der Waals surface area contributed by atoms with Crippen molar-refractivity contribution in [3.63, 3.8) is 0 Å². The summed E-state index contributed by atoms with van der Waals surface area (Å²) in [6, 6.07) is 0. The molecule has 0 amide bonds. The normalized spacial score (nSPS) is 18.3. The number of hydrogen-bond donors (Lipinski definition) is 0. The zero-order valence-electron chi connectivity index (χ0n) is 14.8. The van der Waals surface area contributed by atoms with E-state index in [2.05, 4.69) is 6.92 Å². The van der Waals surface area contributed by atoms with Gasteiger partial charge in [-0.05, 0) is 30.7 Å². The van der Waals surface area contributed by atoms with E-state index in [4.69, 9.17) is 9.47 Å². The quantitative estimate of drug-likeness (QED) is 0.463. The highest BCUT2D eigenvalue weighted by molar-refractivity contribution is 6.01. The Bertz CT molecular complexity index is 538. The van der Waals surface area contributed by atoms with E-state index < -0.39 is 5.60 Å². The van der Waals surface area contributed by atoms with E-state index >= 15 is 0 Å². The lowest BCUT2D eigenvalue weighted by Crippen LogP contribution is -2.26. The van der Waals surface area contributed by atoms with E-state index in [0.29, 0.717) is 12.0 Å². The third-order valence-corrected chi connectivity index (χ3v) is 4.60. The van der Waals surface area contributed by atoms with Gasteiger partial charge in [0.2, 0.25) is 0 Å². The molecule has 132 valence electrons. The van der Waals surface area contributed by atoms with Gasteiger partial charge in [0.1, 0.15) is 5.76 Å². The summed E-state index contributed by atoms with van der Waals surface area (Å²) in [5.41, 5.74) is -0.0828. The Morgan fingerprint density at radius 3 is 2.38 bits per heavy atom. The second-order valence-electron chi connectivity index (χ2n) is 6.57. The number of unbranched alkanes of at least 4 members (excludes halogenated alkanes) is 6. The summed E-state index contributed by atoms with van der Waals surface area (Å²) in [6.45, 7) is 2.22. The molecule has 0 unspecified atom stereocenters. The van der Waals surface area contributed by atoms with Crippen LogP contribution in [0.5, 0.6) is 0 Å². The van der Waals surface area contributed by atoms with Crippen LogP contribution in [0.1, 0.15) is 64.7 Å². The second-order valence-corrected chi connectivity index (χ2v) is 6.57. The Kier molecular flexibility index (Phi) is 6.83. The number of hydrogen-bond acceptors (Lipinski definition) is 4. The van der Waals surface area contributed by atoms with Crippen LogP contribution in [0.15, 0.2) is 35.6 Å². The van der Waals surface area contributed by atoms with Gasteiger partial charge in [-0.15, -0.1) is 0 Å². The van der Waals surface area contributed by atoms with Crippen molar-refractivity contribution in [2.24, 2.45) is 0 Å². The van der Waals surface area contributed by atoms with Crippen molar-refractivity contribution >= 4 is 11.8 Å². The molecule has 24 heavy (non-hydrogen) atoms. The number of ether oxygens (including phenoxy) is 2. The lowest BCUT2D eigenvalue weighted by molar-refractivity contribution is -0.136. The molecule has 2 rings (SSSR count). The maximum absolute atomic E-state index is 12.0. The highest BCUT2D eigenvalue weighted by Crippen LogP contribution is 2.40. The number of carbonyl (C=O) groups excluding carboxylic acids is 2. The van der Waals surface area contributed by atoms with E-state index in [0.717, 1.165) is 25.0 Å². The molecule has 2 aliphatic rings. The van der Waals surface area contributed by atoms with Gasteiger partial charge in [0.15, 0.2) is 11.4 Å². The molecule has 0 aromatic heterocycles. The number of allylic oxidation sites excluding steroid dienone is 3. The molecule has 4 nitrogen and oxygen atoms in total. The van der Waals surface area contributed by atoms with Crippen molar-refractivity contribution in [3.8, 4) is 0 Å². The summed E-state index contributed by atoms with van der Waals surface area (Å²) in [4.78, 5) is 23.4. The van der Waals surface area contributed by atoms with E-state index in [1.54, 1.807) is 12.2 Å². The molecule has 0 radical (unpaired) electrons. The summed E-state index contributed by atoms with van der Waals surface area (Å²) in [7, 11) is 1.39. The van der Waals surface area contributed by atoms with Crippen molar-refractivity contribution in [2.75, 3.05) is 7.11 Å². The number of carbonyl (C=O) groups is 2. The van der Waals surface area contributed by atoms with Crippen LogP contribution < -0.4 is 0 Å². The van der Waals surface area contributed by atoms with Crippen molar-refractivity contribution in [3.05, 3.63) is 35.6 Å². The molecule has 1 aliphatic heterocycles. The predicted octanol–water partition coefficient (Wildman–Crippen LogP) is 4.41. The van der Waals surface area contributed by atoms with E-state index in [9.17, 15) is 9.59 Å². The average Bonchev–Trinajstić information content (AvgIpc) is 2.95. The molecule has 1 aliphatic carbocycles. The van der Waals surface area contributed by atoms with Gasteiger partial charge in [-0.25, -0.2) is 4.79 Å². The summed E-state index contributed by atoms with van der Waals surface area (Å²) in [5.74, 6) is 0.340. The van der Waals surface area contributed by atoms with Crippen LogP contribution in [-0.2, 0) is 19.1 Å². The third kappa shape index (κ3) is 4.83. The predicted molar refractivity (Wildman–Crippen MR) is 93.4 cm³/mol. The molecule has 4 heteroatoms. The SMILES string of the molecule is CCCCCCCCCC1=C(C(=O)OC)CC2(C=CC(=O)C=C2)O1. The van der Waals surface area contributed by atoms with Crippen molar-refractivity contribution in [2.45, 2.75) is 70.3 Å². The second kappa shape index (κ2) is 8.86. The Morgan fingerprint density at radius 1 is 1.12 bits per heavy atom. The molecular formula is C20H28O4. The van der Waals surface area contributed by atoms with Crippen molar-refractivity contribution in [1.29, 1.82) is 0 Å². The van der Waals surface area contributed by atoms with E-state index in [-0.39, 0.29) is 11.8 Å². The Balaban J connectivity index is 1.89. The highest BCUT2D eigenvalue weighted by atomic mass is 16.5. The third-order valence-electron chi connectivity index (χ3n) is 4.60. The standard InChI is InChI=1S/C20H28O4/c1-3-4-5-6-7-8-9-10-18-17(19(22)23-2)15-20(24-18)13-11-16(21)12-14-20/h11-14H,3-10,15H2,1-2H3. The van der Waals surface area contributed by atoms with Gasteiger partial charge in [0, 0.05) is 12.8 Å². The first-order valence-corrected chi connectivity index (χ1v) is 9.02. The fourth-order valence-corrected chi connectivity index (χ4v) is 3.20. The summed E-state index contributed by atoms with van der Waals surface area (Å²) >= 11 is 0. The fourth-order valence-electron chi connectivity index (χ4n) is 3.20. The first-order chi connectivity index (χ1) is 11.6. The Labute approximate surface area is 144 Å². The molecule has 0 aromatic carbocycles. The molecule has 0 saturated carbocycles. The minimum absolute atomic E-state index is 0.0515. The minimum Gasteiger partial charge on any atom is -0.482 e. The van der Waals surface area contributed by atoms with Crippen molar-refractivity contribution < 1.29 is 19.1 Å². The van der Waals surface area contributed by atoms with Crippen LogP contribution in [-0.4, -0.2) is 24.5 Å². The summed E-state index contributed by atoms with van der Waals surface area (Å²) in [6.07, 6.45) is 16.2. The van der Waals surface area contributed by atoms with Gasteiger partial charge < -0.3 is 9.47 Å². The number of esters is 1. The van der Waals surface area contributed by atoms with Crippen LogP contribution in [0.25, 0.3) is 0 Å². The lowest BCUT2D eigenvalue weighted by Gasteiger charge is -2.24. The van der Waals surface area contributed by atoms with Crippen LogP contribution in [0.2, 0.25) is 0 Å². The smallest absolute Gasteiger partial charge is 0.337 e. The number of methoxy groups -OCH3 is 1. The molecule has 0 saturated heterocycles. The first-order valence-electron chi connectivity index (χ1n) is 9.02. The first kappa shape index (κ1) is 18.5. The van der Waals surface area contributed by atoms with Crippen LogP contribution in [0, 0.1) is 0 Å². The fraction of sp³-hybridized carbons (Fsp3) is 0.600. The van der Waals surface area contributed by atoms with E-state index in [1.807, 2.05) is 0 Å². The van der Waals surface area contributed by atoms with Gasteiger partial charge in [-0.3, -0.25) is 4.79 Å². The van der Waals surface area contributed by atoms with Crippen LogP contribution in [0.4, 0.5) is 0 Å². The van der Waals surface area contributed by atoms with E-state index in [1.165, 1.54) is 51.4 Å². The zero-order valence-corrected chi connectivity index (χ0v) is 14.8. The molecule has 0 aromatic rings. The minimum atomic E-state index is -0.687. The molecule has 0 fully saturated rings. The number of ketones is 1. The highest BCUT2D eigenvalue weighted by Gasteiger charge is 2.40. The molecule has 0 bridgehead atoms. The van der Waals surface area contributed by atoms with Crippen LogP contribution >= 0.6 is 0 Å². The summed E-state index contributed by atoms with van der Waals surface area (Å²) < 4.78 is 11.0. The number of rotatable bonds is 9. The average molecular weight is 332 g/mol. The van der Waals surface area contributed by atoms with Gasteiger partial charge in [0.05, 0.1) is 12.7 Å². The maximum atomic E-state index is 12.0. The topological polar surface area (TPSA) is 52.6 Å². The zero-order chi connectivity index (χ0) is 17.4.